The predicted molar refractivity (Wildman–Crippen MR) is 120 cm³/mol. The van der Waals surface area contributed by atoms with Crippen LogP contribution in [0, 0.1) is 12.7 Å². The van der Waals surface area contributed by atoms with E-state index >= 15 is 0 Å². The van der Waals surface area contributed by atoms with Crippen LogP contribution in [0.5, 0.6) is 0 Å². The molecule has 0 unspecified atom stereocenters. The molecule has 1 N–H and O–H groups in total. The molecule has 0 radical (unpaired) electrons. The molecule has 3 aromatic rings. The number of halogens is 1. The van der Waals surface area contributed by atoms with Crippen molar-refractivity contribution < 1.29 is 23.2 Å². The Morgan fingerprint density at radius 1 is 1.25 bits per heavy atom. The normalized spacial score (nSPS) is 15.1. The molecule has 0 bridgehead atoms. The highest BCUT2D eigenvalue weighted by molar-refractivity contribution is 8.18. The molecule has 1 saturated heterocycles. The number of carbonyl (C=O) groups excluding carboxylic acids is 3. The first-order valence-electron chi connectivity index (χ1n) is 9.68. The first-order chi connectivity index (χ1) is 15.4. The fraction of sp³-hybridized carbons (Fsp3) is 0.182. The zero-order valence-electron chi connectivity index (χ0n) is 17.0. The van der Waals surface area contributed by atoms with E-state index in [0.717, 1.165) is 22.4 Å². The second kappa shape index (κ2) is 9.49. The van der Waals surface area contributed by atoms with Crippen molar-refractivity contribution in [1.82, 2.24) is 15.2 Å². The number of hydrogen-bond acceptors (Lipinski definition) is 7. The Morgan fingerprint density at radius 3 is 2.81 bits per heavy atom. The summed E-state index contributed by atoms with van der Waals surface area (Å²) >= 11 is 2.14. The van der Waals surface area contributed by atoms with Crippen molar-refractivity contribution in [3.8, 4) is 10.8 Å². The van der Waals surface area contributed by atoms with Crippen LogP contribution in [-0.2, 0) is 16.0 Å². The van der Waals surface area contributed by atoms with Crippen LogP contribution in [0.1, 0.15) is 17.0 Å². The maximum atomic E-state index is 13.8. The molecule has 164 valence electrons. The van der Waals surface area contributed by atoms with Gasteiger partial charge in [-0.1, -0.05) is 18.2 Å². The molecule has 3 amide bonds. The number of rotatable bonds is 7. The lowest BCUT2D eigenvalue weighted by atomic mass is 10.2. The van der Waals surface area contributed by atoms with E-state index in [1.165, 1.54) is 29.5 Å². The van der Waals surface area contributed by atoms with Crippen molar-refractivity contribution in [3.63, 3.8) is 0 Å². The lowest BCUT2D eigenvalue weighted by Crippen LogP contribution is -2.37. The fourth-order valence-electron chi connectivity index (χ4n) is 3.01. The lowest BCUT2D eigenvalue weighted by molar-refractivity contribution is -0.124. The third kappa shape index (κ3) is 4.97. The molecule has 32 heavy (non-hydrogen) atoms. The predicted octanol–water partition coefficient (Wildman–Crippen LogP) is 4.25. The molecule has 1 aliphatic rings. The van der Waals surface area contributed by atoms with Gasteiger partial charge < -0.3 is 9.73 Å². The molecule has 10 heteroatoms. The van der Waals surface area contributed by atoms with Gasteiger partial charge >= 0.3 is 0 Å². The van der Waals surface area contributed by atoms with Crippen LogP contribution in [-0.4, -0.2) is 40.0 Å². The molecule has 3 heterocycles. The summed E-state index contributed by atoms with van der Waals surface area (Å²) < 4.78 is 19.3. The average molecular weight is 472 g/mol. The number of nitrogens with zero attached hydrogens (tertiary/aromatic N) is 2. The highest BCUT2D eigenvalue weighted by atomic mass is 32.2. The molecule has 0 spiro atoms. The van der Waals surface area contributed by atoms with Gasteiger partial charge in [-0.15, -0.1) is 11.3 Å². The van der Waals surface area contributed by atoms with Crippen LogP contribution in [0.15, 0.2) is 51.1 Å². The Morgan fingerprint density at radius 2 is 2.06 bits per heavy atom. The molecule has 1 aromatic carbocycles. The fourth-order valence-corrected chi connectivity index (χ4v) is 4.65. The minimum absolute atomic E-state index is 0.0268. The van der Waals surface area contributed by atoms with Gasteiger partial charge in [0.15, 0.2) is 10.8 Å². The van der Waals surface area contributed by atoms with Gasteiger partial charge in [-0.2, -0.15) is 0 Å². The van der Waals surface area contributed by atoms with E-state index in [9.17, 15) is 18.8 Å². The lowest BCUT2D eigenvalue weighted by Gasteiger charge is -2.12. The molecule has 1 fully saturated rings. The Bertz CT molecular complexity index is 1220. The second-order valence-electron chi connectivity index (χ2n) is 6.94. The number of thiazole rings is 1. The third-order valence-corrected chi connectivity index (χ3v) is 6.38. The number of furan rings is 1. The Labute approximate surface area is 191 Å². The summed E-state index contributed by atoms with van der Waals surface area (Å²) in [5.74, 6) is 0.188. The second-order valence-corrected chi connectivity index (χ2v) is 8.79. The van der Waals surface area contributed by atoms with Crippen LogP contribution in [0.3, 0.4) is 0 Å². The number of thioether (sulfide) groups is 1. The van der Waals surface area contributed by atoms with Crippen LogP contribution in [0.2, 0.25) is 0 Å². The number of imide groups is 1. The molecule has 0 saturated carbocycles. The summed E-state index contributed by atoms with van der Waals surface area (Å²) in [6.45, 7) is 1.98. The zero-order valence-corrected chi connectivity index (χ0v) is 18.6. The maximum absolute atomic E-state index is 13.8. The summed E-state index contributed by atoms with van der Waals surface area (Å²) in [4.78, 5) is 42.5. The van der Waals surface area contributed by atoms with Gasteiger partial charge in [-0.25, -0.2) is 9.37 Å². The number of nitrogens with one attached hydrogen (secondary N) is 1. The largest absolute Gasteiger partial charge is 0.459 e. The first-order valence-corrected chi connectivity index (χ1v) is 11.4. The van der Waals surface area contributed by atoms with E-state index in [1.54, 1.807) is 17.5 Å². The average Bonchev–Trinajstić information content (AvgIpc) is 3.46. The quantitative estimate of drug-likeness (QED) is 0.518. The molecule has 0 aliphatic carbocycles. The Hall–Kier alpha value is -3.24. The molecular weight excluding hydrogens is 453 g/mol. The van der Waals surface area contributed by atoms with Crippen molar-refractivity contribution in [2.45, 2.75) is 13.3 Å². The first kappa shape index (κ1) is 22.0. The van der Waals surface area contributed by atoms with Gasteiger partial charge in [0.2, 0.25) is 5.91 Å². The minimum Gasteiger partial charge on any atom is -0.459 e. The number of aryl methyl sites for hydroxylation is 1. The summed E-state index contributed by atoms with van der Waals surface area (Å²) in [5, 5.41) is 4.72. The zero-order chi connectivity index (χ0) is 22.7. The Kier molecular flexibility index (Phi) is 6.52. The minimum atomic E-state index is -0.504. The molecule has 7 nitrogen and oxygen atoms in total. The van der Waals surface area contributed by atoms with Crippen molar-refractivity contribution in [2.24, 2.45) is 0 Å². The van der Waals surface area contributed by atoms with Crippen molar-refractivity contribution in [3.05, 3.63) is 69.5 Å². The summed E-state index contributed by atoms with van der Waals surface area (Å²) in [6.07, 6.45) is 1.43. The van der Waals surface area contributed by atoms with Crippen LogP contribution in [0.4, 0.5) is 9.18 Å². The van der Waals surface area contributed by atoms with E-state index in [-0.39, 0.29) is 35.9 Å². The summed E-state index contributed by atoms with van der Waals surface area (Å²) in [5.41, 5.74) is 0.842. The molecule has 1 aliphatic heterocycles. The number of hydrogen-bond donors (Lipinski definition) is 1. The van der Waals surface area contributed by atoms with Gasteiger partial charge in [0.05, 0.1) is 17.0 Å². The number of aromatic nitrogens is 1. The monoisotopic (exact) mass is 471 g/mol. The van der Waals surface area contributed by atoms with Crippen LogP contribution < -0.4 is 5.32 Å². The van der Waals surface area contributed by atoms with Gasteiger partial charge in [-0.3, -0.25) is 19.3 Å². The van der Waals surface area contributed by atoms with Gasteiger partial charge in [-0.05, 0) is 43.0 Å². The van der Waals surface area contributed by atoms with E-state index in [1.807, 2.05) is 19.1 Å². The number of carbonyl (C=O) groups is 3. The maximum Gasteiger partial charge on any atom is 0.293 e. The number of amides is 3. The summed E-state index contributed by atoms with van der Waals surface area (Å²) in [6, 6.07) is 9.68. The van der Waals surface area contributed by atoms with E-state index in [2.05, 4.69) is 10.3 Å². The van der Waals surface area contributed by atoms with E-state index in [4.69, 9.17) is 4.42 Å². The summed E-state index contributed by atoms with van der Waals surface area (Å²) in [7, 11) is 0. The highest BCUT2D eigenvalue weighted by Gasteiger charge is 2.34. The van der Waals surface area contributed by atoms with E-state index in [0.29, 0.717) is 16.5 Å². The van der Waals surface area contributed by atoms with Crippen molar-refractivity contribution in [1.29, 1.82) is 0 Å². The van der Waals surface area contributed by atoms with Gasteiger partial charge in [0.25, 0.3) is 11.1 Å². The standard InChI is InChI=1S/C22H18FN3O4S2/c1-13-6-7-17(30-13)20-25-15(12-31-20)11-19(27)24-8-9-26-21(28)18(32-22(26)29)10-14-4-2-3-5-16(14)23/h2-7,10,12H,8-9,11H2,1H3,(H,24,27)/b18-10-. The number of benzene rings is 1. The van der Waals surface area contributed by atoms with Crippen molar-refractivity contribution in [2.75, 3.05) is 13.1 Å². The van der Waals surface area contributed by atoms with Gasteiger partial charge in [0.1, 0.15) is 11.6 Å². The molecular formula is C22H18FN3O4S2. The highest BCUT2D eigenvalue weighted by Crippen LogP contribution is 2.32. The SMILES string of the molecule is Cc1ccc(-c2nc(CC(=O)NCCN3C(=O)S/C(=C\c4ccccc4F)C3=O)cs2)o1. The molecule has 4 rings (SSSR count). The molecule has 2 aromatic heterocycles. The smallest absolute Gasteiger partial charge is 0.293 e. The molecule has 0 atom stereocenters. The third-order valence-electron chi connectivity index (χ3n) is 4.57. The Balaban J connectivity index is 1.29. The van der Waals surface area contributed by atoms with Gasteiger partial charge in [0, 0.05) is 24.0 Å². The van der Waals surface area contributed by atoms with Crippen LogP contribution >= 0.6 is 23.1 Å². The van der Waals surface area contributed by atoms with Crippen molar-refractivity contribution >= 4 is 46.2 Å². The van der Waals surface area contributed by atoms with Crippen LogP contribution in [0.25, 0.3) is 16.8 Å². The topological polar surface area (TPSA) is 92.5 Å². The van der Waals surface area contributed by atoms with E-state index < -0.39 is 17.0 Å².